The molecule has 0 fully saturated rings. The Balaban J connectivity index is 3.09. The molecule has 0 bridgehead atoms. The molecule has 0 spiro atoms. The number of ether oxygens (including phenoxy) is 1. The molecule has 0 aliphatic rings. The third kappa shape index (κ3) is 13.5. The Labute approximate surface area is 119 Å². The quantitative estimate of drug-likeness (QED) is 0.209. The van der Waals surface area contributed by atoms with E-state index in [9.17, 15) is 9.36 Å². The minimum atomic E-state index is -0.280. The third-order valence-electron chi connectivity index (χ3n) is 2.98. The Kier molecular flexibility index (Phi) is 13.2. The predicted octanol–water partition coefficient (Wildman–Crippen LogP) is 4.91. The highest BCUT2D eigenvalue weighted by atomic mass is 31.1. The fraction of sp³-hybridized carbons (Fsp3) is 0.800. The molecule has 110 valence electrons. The molecule has 0 N–H and O–H groups in total. The second-order valence-corrected chi connectivity index (χ2v) is 5.66. The Morgan fingerprint density at radius 3 is 1.89 bits per heavy atom. The lowest BCUT2D eigenvalue weighted by molar-refractivity contribution is -0.139. The highest BCUT2D eigenvalue weighted by Crippen LogP contribution is 2.11. The van der Waals surface area contributed by atoms with Crippen LogP contribution in [0.4, 0.5) is 0 Å². The van der Waals surface area contributed by atoms with Crippen LogP contribution in [0.1, 0.15) is 64.7 Å². The van der Waals surface area contributed by atoms with Crippen LogP contribution in [0.25, 0.3) is 0 Å². The summed E-state index contributed by atoms with van der Waals surface area (Å²) in [5.74, 6) is -0.280. The maximum atomic E-state index is 11.1. The van der Waals surface area contributed by atoms with E-state index < -0.39 is 0 Å². The van der Waals surface area contributed by atoms with Crippen molar-refractivity contribution < 1.29 is 14.1 Å². The van der Waals surface area contributed by atoms with Crippen LogP contribution >= 0.6 is 8.46 Å². The van der Waals surface area contributed by atoms with Gasteiger partial charge in [-0.05, 0) is 19.8 Å². The number of hydrogen-bond acceptors (Lipinski definition) is 3. The molecular formula is C15H27O3P. The molecule has 19 heavy (non-hydrogen) atoms. The first-order valence-electron chi connectivity index (χ1n) is 7.30. The first kappa shape index (κ1) is 18.3. The highest BCUT2D eigenvalue weighted by molar-refractivity contribution is 7.23. The molecule has 0 saturated carbocycles. The van der Waals surface area contributed by atoms with Gasteiger partial charge in [0, 0.05) is 11.7 Å². The van der Waals surface area contributed by atoms with Gasteiger partial charge in [-0.1, -0.05) is 51.5 Å². The van der Waals surface area contributed by atoms with Crippen molar-refractivity contribution in [3.8, 4) is 0 Å². The molecule has 0 aromatic rings. The molecule has 4 heteroatoms. The van der Waals surface area contributed by atoms with Gasteiger partial charge in [-0.3, -0.25) is 4.57 Å². The average molecular weight is 286 g/mol. The molecule has 0 heterocycles. The number of unbranched alkanes of at least 4 members (excludes halogenated alkanes) is 8. The summed E-state index contributed by atoms with van der Waals surface area (Å²) in [4.78, 5) is 11.1. The lowest BCUT2D eigenvalue weighted by Gasteiger charge is -2.04. The topological polar surface area (TPSA) is 43.4 Å². The van der Waals surface area contributed by atoms with Crippen molar-refractivity contribution in [3.05, 3.63) is 12.2 Å². The molecule has 0 aromatic carbocycles. The Morgan fingerprint density at radius 2 is 1.42 bits per heavy atom. The van der Waals surface area contributed by atoms with Crippen molar-refractivity contribution in [2.45, 2.75) is 64.7 Å². The number of carbonyl (C=O) groups excluding carboxylic acids is 1. The Hall–Kier alpha value is -0.690. The maximum Gasteiger partial charge on any atom is 0.333 e. The summed E-state index contributed by atoms with van der Waals surface area (Å²) in [5.41, 5.74) is 0.469. The number of esters is 1. The van der Waals surface area contributed by atoms with Gasteiger partial charge in [0.1, 0.15) is 0 Å². The molecule has 3 nitrogen and oxygen atoms in total. The van der Waals surface area contributed by atoms with Crippen molar-refractivity contribution in [2.24, 2.45) is 0 Å². The highest BCUT2D eigenvalue weighted by Gasteiger charge is 2.01. The second-order valence-electron chi connectivity index (χ2n) is 4.95. The minimum Gasteiger partial charge on any atom is -0.462 e. The van der Waals surface area contributed by atoms with Gasteiger partial charge in [0.15, 0.2) is 8.46 Å². The Bertz CT molecular complexity index is 264. The van der Waals surface area contributed by atoms with E-state index in [1.54, 1.807) is 6.92 Å². The molecule has 0 aliphatic heterocycles. The third-order valence-corrected chi connectivity index (χ3v) is 3.47. The average Bonchev–Trinajstić information content (AvgIpc) is 2.39. The fourth-order valence-corrected chi connectivity index (χ4v) is 2.16. The summed E-state index contributed by atoms with van der Waals surface area (Å²) in [5, 5.41) is 0. The zero-order valence-corrected chi connectivity index (χ0v) is 13.1. The number of carbonyl (C=O) groups is 1. The molecule has 0 saturated heterocycles. The smallest absolute Gasteiger partial charge is 0.333 e. The van der Waals surface area contributed by atoms with Crippen LogP contribution in [0, 0.1) is 0 Å². The van der Waals surface area contributed by atoms with E-state index in [1.807, 2.05) is 0 Å². The van der Waals surface area contributed by atoms with E-state index in [0.29, 0.717) is 12.2 Å². The largest absolute Gasteiger partial charge is 0.462 e. The molecule has 0 radical (unpaired) electrons. The van der Waals surface area contributed by atoms with Crippen LogP contribution in [0.3, 0.4) is 0 Å². The van der Waals surface area contributed by atoms with Crippen LogP contribution < -0.4 is 0 Å². The molecule has 0 atom stereocenters. The van der Waals surface area contributed by atoms with Crippen LogP contribution in [-0.4, -0.2) is 18.7 Å². The van der Waals surface area contributed by atoms with E-state index >= 15 is 0 Å². The van der Waals surface area contributed by atoms with Gasteiger partial charge < -0.3 is 4.74 Å². The molecule has 0 rings (SSSR count). The molecule has 0 unspecified atom stereocenters. The SMILES string of the molecule is C=C(C)C(=O)OCCCCCCCCCCCP=O. The van der Waals surface area contributed by atoms with E-state index in [-0.39, 0.29) is 14.4 Å². The van der Waals surface area contributed by atoms with Crippen molar-refractivity contribution in [1.82, 2.24) is 0 Å². The first-order chi connectivity index (χ1) is 9.18. The van der Waals surface area contributed by atoms with Gasteiger partial charge in [0.2, 0.25) is 0 Å². The molecule has 0 aliphatic carbocycles. The van der Waals surface area contributed by atoms with Crippen molar-refractivity contribution >= 4 is 14.4 Å². The monoisotopic (exact) mass is 286 g/mol. The lowest BCUT2D eigenvalue weighted by atomic mass is 10.1. The summed E-state index contributed by atoms with van der Waals surface area (Å²) in [6.45, 7) is 5.72. The number of hydrogen-bond donors (Lipinski definition) is 0. The number of rotatable bonds is 13. The van der Waals surface area contributed by atoms with Crippen LogP contribution in [0.5, 0.6) is 0 Å². The second kappa shape index (κ2) is 13.7. The lowest BCUT2D eigenvalue weighted by Crippen LogP contribution is -2.05. The zero-order valence-electron chi connectivity index (χ0n) is 12.2. The van der Waals surface area contributed by atoms with Crippen LogP contribution in [-0.2, 0) is 14.1 Å². The van der Waals surface area contributed by atoms with Gasteiger partial charge in [0.05, 0.1) is 6.61 Å². The summed E-state index contributed by atoms with van der Waals surface area (Å²) in [7, 11) is 0.284. The molecule has 0 amide bonds. The summed E-state index contributed by atoms with van der Waals surface area (Å²) >= 11 is 0. The van der Waals surface area contributed by atoms with Crippen molar-refractivity contribution in [2.75, 3.05) is 12.8 Å². The van der Waals surface area contributed by atoms with Gasteiger partial charge in [-0.25, -0.2) is 4.79 Å². The van der Waals surface area contributed by atoms with Gasteiger partial charge >= 0.3 is 5.97 Å². The molecule has 0 aromatic heterocycles. The Morgan fingerprint density at radius 1 is 0.947 bits per heavy atom. The van der Waals surface area contributed by atoms with Crippen molar-refractivity contribution in [1.29, 1.82) is 0 Å². The van der Waals surface area contributed by atoms with E-state index in [4.69, 9.17) is 4.74 Å². The van der Waals surface area contributed by atoms with Gasteiger partial charge in [-0.15, -0.1) is 0 Å². The summed E-state index contributed by atoms with van der Waals surface area (Å²) in [6.07, 6.45) is 11.4. The summed E-state index contributed by atoms with van der Waals surface area (Å²) < 4.78 is 15.2. The van der Waals surface area contributed by atoms with Crippen LogP contribution in [0.15, 0.2) is 12.2 Å². The normalized spacial score (nSPS) is 10.6. The van der Waals surface area contributed by atoms with E-state index in [2.05, 4.69) is 6.58 Å². The predicted molar refractivity (Wildman–Crippen MR) is 79.8 cm³/mol. The molecular weight excluding hydrogens is 259 g/mol. The van der Waals surface area contributed by atoms with Crippen LogP contribution in [0.2, 0.25) is 0 Å². The van der Waals surface area contributed by atoms with Crippen molar-refractivity contribution in [3.63, 3.8) is 0 Å². The first-order valence-corrected chi connectivity index (χ1v) is 8.30. The fourth-order valence-electron chi connectivity index (χ4n) is 1.80. The van der Waals surface area contributed by atoms with Gasteiger partial charge in [-0.2, -0.15) is 0 Å². The van der Waals surface area contributed by atoms with Gasteiger partial charge in [0.25, 0.3) is 0 Å². The minimum absolute atomic E-state index is 0.280. The maximum absolute atomic E-state index is 11.1. The zero-order chi connectivity index (χ0) is 14.3. The standard InChI is InChI=1S/C15H27O3P/c1-14(2)15(16)18-12-10-8-6-4-3-5-7-9-11-13-19-17/h1,3-13H2,2H3. The van der Waals surface area contributed by atoms with E-state index in [0.717, 1.165) is 25.4 Å². The van der Waals surface area contributed by atoms with E-state index in [1.165, 1.54) is 38.5 Å². The summed E-state index contributed by atoms with van der Waals surface area (Å²) in [6, 6.07) is 0.